The van der Waals surface area contributed by atoms with Crippen molar-refractivity contribution in [1.29, 1.82) is 0 Å². The maximum Gasteiger partial charge on any atom is 0.226 e. The van der Waals surface area contributed by atoms with Crippen LogP contribution in [0, 0.1) is 6.92 Å². The van der Waals surface area contributed by atoms with Crippen LogP contribution in [0.5, 0.6) is 0 Å². The van der Waals surface area contributed by atoms with Gasteiger partial charge in [0.05, 0.1) is 6.20 Å². The Bertz CT molecular complexity index is 656. The zero-order valence-corrected chi connectivity index (χ0v) is 10.1. The van der Waals surface area contributed by atoms with Gasteiger partial charge >= 0.3 is 0 Å². The fourth-order valence-corrected chi connectivity index (χ4v) is 1.95. The molecule has 0 N–H and O–H groups in total. The molecule has 2 aromatic carbocycles. The van der Waals surface area contributed by atoms with Crippen LogP contribution in [0.1, 0.15) is 5.76 Å². The van der Waals surface area contributed by atoms with Crippen LogP contribution in [-0.4, -0.2) is 4.98 Å². The molecule has 0 bridgehead atoms. The minimum atomic E-state index is 0.672. The Labute approximate surface area is 106 Å². The van der Waals surface area contributed by atoms with Gasteiger partial charge in [-0.25, -0.2) is 4.98 Å². The van der Waals surface area contributed by atoms with Crippen molar-refractivity contribution in [3.05, 3.63) is 66.6 Å². The van der Waals surface area contributed by atoms with Crippen LogP contribution in [-0.2, 0) is 0 Å². The van der Waals surface area contributed by atoms with Crippen LogP contribution < -0.4 is 0 Å². The van der Waals surface area contributed by atoms with E-state index in [1.807, 2.05) is 37.3 Å². The van der Waals surface area contributed by atoms with Gasteiger partial charge in [-0.3, -0.25) is 0 Å². The van der Waals surface area contributed by atoms with Crippen molar-refractivity contribution in [3.8, 4) is 22.6 Å². The SMILES string of the molecule is Cc1cnc(-c2cccc(-c3ccccc3)c2)o1. The van der Waals surface area contributed by atoms with E-state index in [-0.39, 0.29) is 0 Å². The lowest BCUT2D eigenvalue weighted by molar-refractivity contribution is 0.542. The van der Waals surface area contributed by atoms with E-state index in [4.69, 9.17) is 4.42 Å². The largest absolute Gasteiger partial charge is 0.441 e. The van der Waals surface area contributed by atoms with Crippen LogP contribution in [0.25, 0.3) is 22.6 Å². The monoisotopic (exact) mass is 235 g/mol. The zero-order chi connectivity index (χ0) is 12.4. The normalized spacial score (nSPS) is 10.5. The summed E-state index contributed by atoms with van der Waals surface area (Å²) >= 11 is 0. The number of rotatable bonds is 2. The topological polar surface area (TPSA) is 26.0 Å². The Balaban J connectivity index is 2.05. The van der Waals surface area contributed by atoms with E-state index in [0.717, 1.165) is 11.3 Å². The summed E-state index contributed by atoms with van der Waals surface area (Å²) in [5, 5.41) is 0. The highest BCUT2D eigenvalue weighted by molar-refractivity contribution is 5.69. The van der Waals surface area contributed by atoms with Crippen molar-refractivity contribution in [1.82, 2.24) is 4.98 Å². The van der Waals surface area contributed by atoms with Crippen LogP contribution in [0.3, 0.4) is 0 Å². The predicted molar refractivity (Wildman–Crippen MR) is 72.1 cm³/mol. The lowest BCUT2D eigenvalue weighted by atomic mass is 10.0. The van der Waals surface area contributed by atoms with E-state index in [0.29, 0.717) is 5.89 Å². The molecule has 0 aliphatic rings. The molecule has 2 nitrogen and oxygen atoms in total. The first-order valence-electron chi connectivity index (χ1n) is 5.91. The van der Waals surface area contributed by atoms with E-state index < -0.39 is 0 Å². The quantitative estimate of drug-likeness (QED) is 0.661. The molecule has 0 aliphatic heterocycles. The molecule has 2 heteroatoms. The number of aromatic nitrogens is 1. The Hall–Kier alpha value is -2.35. The van der Waals surface area contributed by atoms with Crippen molar-refractivity contribution in [2.24, 2.45) is 0 Å². The third-order valence-corrected chi connectivity index (χ3v) is 2.84. The highest BCUT2D eigenvalue weighted by Gasteiger charge is 2.05. The van der Waals surface area contributed by atoms with Crippen LogP contribution >= 0.6 is 0 Å². The van der Waals surface area contributed by atoms with Crippen LogP contribution in [0.15, 0.2) is 65.2 Å². The minimum absolute atomic E-state index is 0.672. The lowest BCUT2D eigenvalue weighted by Crippen LogP contribution is -1.80. The molecular formula is C16H13NO. The molecule has 1 heterocycles. The molecule has 18 heavy (non-hydrogen) atoms. The molecule has 0 atom stereocenters. The molecule has 0 aliphatic carbocycles. The molecule has 0 amide bonds. The second-order valence-corrected chi connectivity index (χ2v) is 4.22. The van der Waals surface area contributed by atoms with Gasteiger partial charge in [-0.1, -0.05) is 42.5 Å². The van der Waals surface area contributed by atoms with Gasteiger partial charge in [0.25, 0.3) is 0 Å². The summed E-state index contributed by atoms with van der Waals surface area (Å²) in [6.45, 7) is 1.90. The molecule has 0 unspecified atom stereocenters. The summed E-state index contributed by atoms with van der Waals surface area (Å²) in [4.78, 5) is 4.25. The second-order valence-electron chi connectivity index (χ2n) is 4.22. The molecule has 0 radical (unpaired) electrons. The molecule has 0 fully saturated rings. The summed E-state index contributed by atoms with van der Waals surface area (Å²) in [5.41, 5.74) is 3.37. The van der Waals surface area contributed by atoms with E-state index in [2.05, 4.69) is 29.2 Å². The summed E-state index contributed by atoms with van der Waals surface area (Å²) < 4.78 is 5.55. The predicted octanol–water partition coefficient (Wildman–Crippen LogP) is 4.32. The van der Waals surface area contributed by atoms with Gasteiger partial charge in [0.2, 0.25) is 5.89 Å². The first-order chi connectivity index (χ1) is 8.83. The molecule has 0 spiro atoms. The van der Waals surface area contributed by atoms with Gasteiger partial charge in [-0.05, 0) is 30.2 Å². The maximum absolute atomic E-state index is 5.55. The smallest absolute Gasteiger partial charge is 0.226 e. The Morgan fingerprint density at radius 3 is 2.28 bits per heavy atom. The summed E-state index contributed by atoms with van der Waals surface area (Å²) in [6.07, 6.45) is 1.74. The van der Waals surface area contributed by atoms with Gasteiger partial charge in [-0.2, -0.15) is 0 Å². The Morgan fingerprint density at radius 1 is 0.833 bits per heavy atom. The van der Waals surface area contributed by atoms with Crippen molar-refractivity contribution in [2.45, 2.75) is 6.92 Å². The van der Waals surface area contributed by atoms with Gasteiger partial charge < -0.3 is 4.42 Å². The molecule has 0 saturated heterocycles. The second kappa shape index (κ2) is 4.49. The van der Waals surface area contributed by atoms with E-state index in [9.17, 15) is 0 Å². The number of nitrogens with zero attached hydrogens (tertiary/aromatic N) is 1. The van der Waals surface area contributed by atoms with Crippen molar-refractivity contribution >= 4 is 0 Å². The van der Waals surface area contributed by atoms with Crippen LogP contribution in [0.2, 0.25) is 0 Å². The maximum atomic E-state index is 5.55. The Morgan fingerprint density at radius 2 is 1.56 bits per heavy atom. The van der Waals surface area contributed by atoms with Gasteiger partial charge in [0.1, 0.15) is 5.76 Å². The zero-order valence-electron chi connectivity index (χ0n) is 10.1. The van der Waals surface area contributed by atoms with Gasteiger partial charge in [-0.15, -0.1) is 0 Å². The average molecular weight is 235 g/mol. The fraction of sp³-hybridized carbons (Fsp3) is 0.0625. The number of hydrogen-bond donors (Lipinski definition) is 0. The first-order valence-corrected chi connectivity index (χ1v) is 5.91. The lowest BCUT2D eigenvalue weighted by Gasteiger charge is -2.03. The molecule has 3 aromatic rings. The standard InChI is InChI=1S/C16H13NO/c1-12-11-17-16(18-12)15-9-5-8-14(10-15)13-6-3-2-4-7-13/h2-11H,1H3. The van der Waals surface area contributed by atoms with E-state index in [1.54, 1.807) is 6.20 Å². The molecular weight excluding hydrogens is 222 g/mol. The number of hydrogen-bond acceptors (Lipinski definition) is 2. The minimum Gasteiger partial charge on any atom is -0.441 e. The van der Waals surface area contributed by atoms with Crippen molar-refractivity contribution < 1.29 is 4.42 Å². The summed E-state index contributed by atoms with van der Waals surface area (Å²) in [6, 6.07) is 18.5. The average Bonchev–Trinajstić information content (AvgIpc) is 2.87. The van der Waals surface area contributed by atoms with E-state index >= 15 is 0 Å². The number of oxazole rings is 1. The van der Waals surface area contributed by atoms with E-state index in [1.165, 1.54) is 11.1 Å². The highest BCUT2D eigenvalue weighted by Crippen LogP contribution is 2.25. The molecule has 3 rings (SSSR count). The summed E-state index contributed by atoms with van der Waals surface area (Å²) in [7, 11) is 0. The molecule has 1 aromatic heterocycles. The Kier molecular flexibility index (Phi) is 2.69. The number of aryl methyl sites for hydroxylation is 1. The van der Waals surface area contributed by atoms with Crippen LogP contribution in [0.4, 0.5) is 0 Å². The van der Waals surface area contributed by atoms with Crippen molar-refractivity contribution in [3.63, 3.8) is 0 Å². The third kappa shape index (κ3) is 2.05. The van der Waals surface area contributed by atoms with Gasteiger partial charge in [0, 0.05) is 5.56 Å². The highest BCUT2D eigenvalue weighted by atomic mass is 16.4. The summed E-state index contributed by atoms with van der Waals surface area (Å²) in [5.74, 6) is 1.50. The molecule has 0 saturated carbocycles. The van der Waals surface area contributed by atoms with Gasteiger partial charge in [0.15, 0.2) is 0 Å². The number of benzene rings is 2. The fourth-order valence-electron chi connectivity index (χ4n) is 1.95. The third-order valence-electron chi connectivity index (χ3n) is 2.84. The van der Waals surface area contributed by atoms with Crippen molar-refractivity contribution in [2.75, 3.05) is 0 Å². The first kappa shape index (κ1) is 10.8. The molecule has 88 valence electrons.